The molecule has 1 aliphatic rings. The van der Waals surface area contributed by atoms with E-state index in [2.05, 4.69) is 6.92 Å². The SMILES string of the molecule is [CH2]C(=O)N1C=CN(C)C=C1. The Kier molecular flexibility index (Phi) is 1.76. The van der Waals surface area contributed by atoms with E-state index in [-0.39, 0.29) is 5.91 Å². The third kappa shape index (κ3) is 1.37. The molecule has 0 saturated carbocycles. The smallest absolute Gasteiger partial charge is 0.231 e. The summed E-state index contributed by atoms with van der Waals surface area (Å²) in [5.41, 5.74) is 0. The zero-order chi connectivity index (χ0) is 7.56. The number of carbonyl (C=O) groups excluding carboxylic acids is 1. The van der Waals surface area contributed by atoms with Crippen molar-refractivity contribution >= 4 is 5.91 Å². The lowest BCUT2D eigenvalue weighted by Crippen LogP contribution is -2.21. The van der Waals surface area contributed by atoms with Crippen LogP contribution in [0.2, 0.25) is 0 Å². The molecule has 1 amide bonds. The van der Waals surface area contributed by atoms with Gasteiger partial charge in [0, 0.05) is 38.8 Å². The van der Waals surface area contributed by atoms with Gasteiger partial charge in [0.2, 0.25) is 5.91 Å². The maximum absolute atomic E-state index is 10.6. The standard InChI is InChI=1S/C7H9N2O/c1-7(10)9-5-3-8(2)4-6-9/h3-6H,1H2,2H3. The van der Waals surface area contributed by atoms with Crippen LogP contribution in [0.4, 0.5) is 0 Å². The van der Waals surface area contributed by atoms with Gasteiger partial charge in [0.15, 0.2) is 0 Å². The highest BCUT2D eigenvalue weighted by molar-refractivity contribution is 5.82. The number of carbonyl (C=O) groups is 1. The monoisotopic (exact) mass is 137 g/mol. The van der Waals surface area contributed by atoms with Gasteiger partial charge in [0.25, 0.3) is 0 Å². The zero-order valence-electron chi connectivity index (χ0n) is 5.82. The summed E-state index contributed by atoms with van der Waals surface area (Å²) in [7, 11) is 1.89. The summed E-state index contributed by atoms with van der Waals surface area (Å²) in [4.78, 5) is 13.9. The highest BCUT2D eigenvalue weighted by atomic mass is 16.2. The first-order chi connectivity index (χ1) is 4.70. The van der Waals surface area contributed by atoms with Crippen molar-refractivity contribution < 1.29 is 4.79 Å². The van der Waals surface area contributed by atoms with Gasteiger partial charge in [-0.2, -0.15) is 0 Å². The topological polar surface area (TPSA) is 23.6 Å². The first-order valence-electron chi connectivity index (χ1n) is 2.93. The summed E-state index contributed by atoms with van der Waals surface area (Å²) in [6.45, 7) is 3.25. The lowest BCUT2D eigenvalue weighted by atomic mass is 10.5. The summed E-state index contributed by atoms with van der Waals surface area (Å²) in [6, 6.07) is 0. The van der Waals surface area contributed by atoms with Gasteiger partial charge in [-0.15, -0.1) is 0 Å². The fraction of sp³-hybridized carbons (Fsp3) is 0.143. The Morgan fingerprint density at radius 1 is 1.30 bits per heavy atom. The summed E-state index contributed by atoms with van der Waals surface area (Å²) in [5, 5.41) is 0. The third-order valence-electron chi connectivity index (χ3n) is 1.21. The Bertz CT molecular complexity index is 182. The van der Waals surface area contributed by atoms with E-state index in [1.54, 1.807) is 24.8 Å². The molecule has 0 unspecified atom stereocenters. The molecule has 1 radical (unpaired) electrons. The van der Waals surface area contributed by atoms with Gasteiger partial charge in [0.05, 0.1) is 0 Å². The zero-order valence-corrected chi connectivity index (χ0v) is 5.82. The van der Waals surface area contributed by atoms with Crippen molar-refractivity contribution in [2.24, 2.45) is 0 Å². The molecule has 0 spiro atoms. The van der Waals surface area contributed by atoms with Gasteiger partial charge >= 0.3 is 0 Å². The van der Waals surface area contributed by atoms with Crippen molar-refractivity contribution in [3.8, 4) is 0 Å². The Balaban J connectivity index is 2.62. The molecular weight excluding hydrogens is 128 g/mol. The fourth-order valence-corrected chi connectivity index (χ4v) is 0.620. The normalized spacial score (nSPS) is 16.2. The largest absolute Gasteiger partial charge is 0.354 e. The molecule has 0 atom stereocenters. The molecule has 1 aliphatic heterocycles. The Morgan fingerprint density at radius 2 is 1.80 bits per heavy atom. The number of nitrogens with zero attached hydrogens (tertiary/aromatic N) is 2. The van der Waals surface area contributed by atoms with Crippen LogP contribution in [-0.4, -0.2) is 22.8 Å². The van der Waals surface area contributed by atoms with E-state index in [9.17, 15) is 4.79 Å². The molecule has 53 valence electrons. The van der Waals surface area contributed by atoms with Gasteiger partial charge < -0.3 is 4.90 Å². The number of hydrogen-bond acceptors (Lipinski definition) is 2. The van der Waals surface area contributed by atoms with E-state index in [0.717, 1.165) is 0 Å². The molecule has 0 aromatic carbocycles. The predicted octanol–water partition coefficient (Wildman–Crippen LogP) is 0.537. The van der Waals surface area contributed by atoms with Gasteiger partial charge in [-0.1, -0.05) is 0 Å². The fourth-order valence-electron chi connectivity index (χ4n) is 0.620. The highest BCUT2D eigenvalue weighted by Gasteiger charge is 2.02. The van der Waals surface area contributed by atoms with Crippen LogP contribution in [0.3, 0.4) is 0 Å². The van der Waals surface area contributed by atoms with E-state index in [1.807, 2.05) is 11.9 Å². The molecule has 0 bridgehead atoms. The van der Waals surface area contributed by atoms with Gasteiger partial charge in [-0.3, -0.25) is 9.69 Å². The first kappa shape index (κ1) is 6.86. The van der Waals surface area contributed by atoms with Crippen LogP contribution in [0.25, 0.3) is 0 Å². The van der Waals surface area contributed by atoms with E-state index >= 15 is 0 Å². The molecular formula is C7H9N2O. The molecule has 0 N–H and O–H groups in total. The van der Waals surface area contributed by atoms with Crippen molar-refractivity contribution in [2.45, 2.75) is 0 Å². The molecule has 10 heavy (non-hydrogen) atoms. The summed E-state index contributed by atoms with van der Waals surface area (Å²) in [6.07, 6.45) is 6.89. The molecule has 3 nitrogen and oxygen atoms in total. The first-order valence-corrected chi connectivity index (χ1v) is 2.93. The minimum atomic E-state index is -0.222. The minimum Gasteiger partial charge on any atom is -0.354 e. The van der Waals surface area contributed by atoms with E-state index < -0.39 is 0 Å². The van der Waals surface area contributed by atoms with Gasteiger partial charge in [-0.05, 0) is 0 Å². The average molecular weight is 137 g/mol. The molecule has 1 heterocycles. The van der Waals surface area contributed by atoms with Gasteiger partial charge in [0.1, 0.15) is 0 Å². The van der Waals surface area contributed by atoms with E-state index in [4.69, 9.17) is 0 Å². The Labute approximate surface area is 60.2 Å². The van der Waals surface area contributed by atoms with Crippen molar-refractivity contribution in [1.82, 2.24) is 9.80 Å². The van der Waals surface area contributed by atoms with Crippen LogP contribution in [0.5, 0.6) is 0 Å². The predicted molar refractivity (Wildman–Crippen MR) is 38.2 cm³/mol. The summed E-state index contributed by atoms with van der Waals surface area (Å²) >= 11 is 0. The van der Waals surface area contributed by atoms with Crippen LogP contribution >= 0.6 is 0 Å². The third-order valence-corrected chi connectivity index (χ3v) is 1.21. The second kappa shape index (κ2) is 2.56. The van der Waals surface area contributed by atoms with Crippen molar-refractivity contribution in [3.05, 3.63) is 31.7 Å². The molecule has 0 saturated heterocycles. The molecule has 0 aliphatic carbocycles. The Hall–Kier alpha value is -1.25. The molecule has 0 aromatic heterocycles. The molecule has 1 rings (SSSR count). The van der Waals surface area contributed by atoms with Crippen molar-refractivity contribution in [3.63, 3.8) is 0 Å². The summed E-state index contributed by atoms with van der Waals surface area (Å²) < 4.78 is 0. The highest BCUT2D eigenvalue weighted by Crippen LogP contribution is 2.01. The number of hydrogen-bond donors (Lipinski definition) is 0. The van der Waals surface area contributed by atoms with Crippen LogP contribution in [0.1, 0.15) is 0 Å². The van der Waals surface area contributed by atoms with Crippen LogP contribution in [0.15, 0.2) is 24.8 Å². The van der Waals surface area contributed by atoms with Crippen molar-refractivity contribution in [2.75, 3.05) is 7.05 Å². The number of amides is 1. The Morgan fingerprint density at radius 3 is 2.20 bits per heavy atom. The van der Waals surface area contributed by atoms with Crippen LogP contribution in [-0.2, 0) is 4.79 Å². The van der Waals surface area contributed by atoms with Crippen molar-refractivity contribution in [1.29, 1.82) is 0 Å². The molecule has 3 heteroatoms. The van der Waals surface area contributed by atoms with Crippen LogP contribution < -0.4 is 0 Å². The summed E-state index contributed by atoms with van der Waals surface area (Å²) in [5.74, 6) is -0.222. The molecule has 0 aromatic rings. The van der Waals surface area contributed by atoms with Crippen LogP contribution in [0, 0.1) is 6.92 Å². The second-order valence-electron chi connectivity index (χ2n) is 2.06. The maximum Gasteiger partial charge on any atom is 0.231 e. The second-order valence-corrected chi connectivity index (χ2v) is 2.06. The van der Waals surface area contributed by atoms with Gasteiger partial charge in [-0.25, -0.2) is 0 Å². The average Bonchev–Trinajstić information content (AvgIpc) is 1.88. The number of rotatable bonds is 0. The maximum atomic E-state index is 10.6. The molecule has 0 fully saturated rings. The minimum absolute atomic E-state index is 0.222. The lowest BCUT2D eigenvalue weighted by Gasteiger charge is -2.18. The lowest BCUT2D eigenvalue weighted by molar-refractivity contribution is -0.122. The quantitative estimate of drug-likeness (QED) is 0.486. The van der Waals surface area contributed by atoms with E-state index in [0.29, 0.717) is 0 Å². The van der Waals surface area contributed by atoms with E-state index in [1.165, 1.54) is 4.90 Å².